The number of rotatable bonds is 5. The van der Waals surface area contributed by atoms with Crippen LogP contribution in [-0.2, 0) is 0 Å². The summed E-state index contributed by atoms with van der Waals surface area (Å²) in [6.45, 7) is 1.47. The molecule has 0 amide bonds. The van der Waals surface area contributed by atoms with Gasteiger partial charge in [0.25, 0.3) is 0 Å². The molecule has 5 heteroatoms. The van der Waals surface area contributed by atoms with Gasteiger partial charge in [0.15, 0.2) is 5.78 Å². The predicted octanol–water partition coefficient (Wildman–Crippen LogP) is 2.52. The van der Waals surface area contributed by atoms with Gasteiger partial charge in [-0.15, -0.1) is 11.6 Å². The molecule has 0 saturated carbocycles. The Bertz CT molecular complexity index is 379. The second-order valence-corrected chi connectivity index (χ2v) is 4.06. The lowest BCUT2D eigenvalue weighted by molar-refractivity contribution is 0.0997. The third kappa shape index (κ3) is 3.67. The number of carbonyl (C=O) groups is 1. The zero-order valence-corrected chi connectivity index (χ0v) is 10.3. The van der Waals surface area contributed by atoms with Gasteiger partial charge in [-0.2, -0.15) is 0 Å². The molecule has 3 nitrogen and oxygen atoms in total. The van der Waals surface area contributed by atoms with Crippen molar-refractivity contribution in [3.8, 4) is 5.75 Å². The molecule has 1 unspecified atom stereocenters. The number of hydrogen-bond acceptors (Lipinski definition) is 3. The molecule has 16 heavy (non-hydrogen) atoms. The van der Waals surface area contributed by atoms with E-state index in [-0.39, 0.29) is 18.3 Å². The number of hydrogen-bond donors (Lipinski definition) is 1. The van der Waals surface area contributed by atoms with Gasteiger partial charge in [0.05, 0.1) is 11.4 Å². The zero-order valence-electron chi connectivity index (χ0n) is 8.74. The van der Waals surface area contributed by atoms with Gasteiger partial charge in [-0.05, 0) is 25.1 Å². The summed E-state index contributed by atoms with van der Waals surface area (Å²) in [5.41, 5.74) is 0.397. The number of alkyl halides is 1. The Labute approximate surface area is 104 Å². The Morgan fingerprint density at radius 1 is 1.56 bits per heavy atom. The minimum Gasteiger partial charge on any atom is -0.490 e. The van der Waals surface area contributed by atoms with Gasteiger partial charge in [-0.1, -0.05) is 11.6 Å². The molecule has 1 atom stereocenters. The fraction of sp³-hybridized carbons (Fsp3) is 0.364. The largest absolute Gasteiger partial charge is 0.490 e. The van der Waals surface area contributed by atoms with Crippen LogP contribution < -0.4 is 4.74 Å². The number of ether oxygens (including phenoxy) is 1. The van der Waals surface area contributed by atoms with Crippen molar-refractivity contribution in [2.45, 2.75) is 13.0 Å². The first-order valence-electron chi connectivity index (χ1n) is 4.72. The van der Waals surface area contributed by atoms with E-state index in [9.17, 15) is 9.90 Å². The molecule has 1 aromatic rings. The first kappa shape index (κ1) is 13.3. The molecule has 0 bridgehead atoms. The monoisotopic (exact) mass is 262 g/mol. The van der Waals surface area contributed by atoms with E-state index in [4.69, 9.17) is 27.9 Å². The SMILES string of the molecule is CC(=O)c1cc(Cl)ccc1OCC(O)CCl. The smallest absolute Gasteiger partial charge is 0.163 e. The van der Waals surface area contributed by atoms with Crippen molar-refractivity contribution in [3.63, 3.8) is 0 Å². The molecular formula is C11H12Cl2O3. The van der Waals surface area contributed by atoms with Crippen LogP contribution in [0.4, 0.5) is 0 Å². The number of Topliss-reactive ketones (excluding diaryl/α,β-unsaturated/α-hetero) is 1. The summed E-state index contributed by atoms with van der Waals surface area (Å²) in [6.07, 6.45) is -0.753. The highest BCUT2D eigenvalue weighted by atomic mass is 35.5. The highest BCUT2D eigenvalue weighted by Gasteiger charge is 2.11. The quantitative estimate of drug-likeness (QED) is 0.655. The Kier molecular flexibility index (Phi) is 5.06. The number of aliphatic hydroxyl groups is 1. The highest BCUT2D eigenvalue weighted by molar-refractivity contribution is 6.31. The molecule has 0 aliphatic carbocycles. The van der Waals surface area contributed by atoms with Crippen molar-refractivity contribution in [1.82, 2.24) is 0 Å². The van der Waals surface area contributed by atoms with Gasteiger partial charge < -0.3 is 9.84 Å². The van der Waals surface area contributed by atoms with Crippen molar-refractivity contribution in [2.24, 2.45) is 0 Å². The van der Waals surface area contributed by atoms with E-state index in [2.05, 4.69) is 0 Å². The fourth-order valence-electron chi connectivity index (χ4n) is 1.13. The first-order chi connectivity index (χ1) is 7.54. The molecule has 0 aliphatic heterocycles. The van der Waals surface area contributed by atoms with Gasteiger partial charge in [-0.3, -0.25) is 4.79 Å². The van der Waals surface area contributed by atoms with E-state index in [0.29, 0.717) is 16.3 Å². The molecule has 1 N–H and O–H groups in total. The Hall–Kier alpha value is -0.770. The van der Waals surface area contributed by atoms with Crippen LogP contribution in [-0.4, -0.2) is 29.5 Å². The van der Waals surface area contributed by atoms with Crippen LogP contribution in [0.5, 0.6) is 5.75 Å². The van der Waals surface area contributed by atoms with Gasteiger partial charge in [0.2, 0.25) is 0 Å². The molecular weight excluding hydrogens is 251 g/mol. The summed E-state index contributed by atoms with van der Waals surface area (Å²) in [5, 5.41) is 9.70. The van der Waals surface area contributed by atoms with E-state index in [1.807, 2.05) is 0 Å². The fourth-order valence-corrected chi connectivity index (χ4v) is 1.39. The Morgan fingerprint density at radius 2 is 2.25 bits per heavy atom. The lowest BCUT2D eigenvalue weighted by Gasteiger charge is -2.12. The zero-order chi connectivity index (χ0) is 12.1. The minimum atomic E-state index is -0.753. The molecule has 0 fully saturated rings. The summed E-state index contributed by atoms with van der Waals surface area (Å²) in [6, 6.07) is 4.75. The number of benzene rings is 1. The number of carbonyl (C=O) groups excluding carboxylic acids is 1. The van der Waals surface area contributed by atoms with E-state index >= 15 is 0 Å². The molecule has 88 valence electrons. The maximum atomic E-state index is 11.3. The molecule has 0 radical (unpaired) electrons. The van der Waals surface area contributed by atoms with Gasteiger partial charge >= 0.3 is 0 Å². The van der Waals surface area contributed by atoms with Crippen LogP contribution in [0.1, 0.15) is 17.3 Å². The summed E-state index contributed by atoms with van der Waals surface area (Å²) in [7, 11) is 0. The normalized spacial score (nSPS) is 12.2. The molecule has 0 aromatic heterocycles. The maximum Gasteiger partial charge on any atom is 0.163 e. The van der Waals surface area contributed by atoms with Gasteiger partial charge in [0, 0.05) is 5.02 Å². The molecule has 1 aromatic carbocycles. The number of aliphatic hydroxyl groups excluding tert-OH is 1. The van der Waals surface area contributed by atoms with Crippen LogP contribution >= 0.6 is 23.2 Å². The standard InChI is InChI=1S/C11H12Cl2O3/c1-7(14)10-4-8(13)2-3-11(10)16-6-9(15)5-12/h2-4,9,15H,5-6H2,1H3. The predicted molar refractivity (Wildman–Crippen MR) is 63.7 cm³/mol. The van der Waals surface area contributed by atoms with Crippen LogP contribution in [0.25, 0.3) is 0 Å². The van der Waals surface area contributed by atoms with Crippen LogP contribution in [0.3, 0.4) is 0 Å². The second-order valence-electron chi connectivity index (χ2n) is 3.32. The first-order valence-corrected chi connectivity index (χ1v) is 5.63. The number of halogens is 2. The van der Waals surface area contributed by atoms with Crippen molar-refractivity contribution in [1.29, 1.82) is 0 Å². The summed E-state index contributed by atoms with van der Waals surface area (Å²) >= 11 is 11.2. The molecule has 0 heterocycles. The average molecular weight is 263 g/mol. The number of ketones is 1. The van der Waals surface area contributed by atoms with Crippen molar-refractivity contribution >= 4 is 29.0 Å². The topological polar surface area (TPSA) is 46.5 Å². The van der Waals surface area contributed by atoms with E-state index < -0.39 is 6.10 Å². The lowest BCUT2D eigenvalue weighted by Crippen LogP contribution is -2.19. The van der Waals surface area contributed by atoms with Crippen LogP contribution in [0.2, 0.25) is 5.02 Å². The molecule has 0 spiro atoms. The maximum absolute atomic E-state index is 11.3. The molecule has 0 aliphatic rings. The third-order valence-corrected chi connectivity index (χ3v) is 2.52. The summed E-state index contributed by atoms with van der Waals surface area (Å²) < 4.78 is 5.29. The van der Waals surface area contributed by atoms with Crippen molar-refractivity contribution in [2.75, 3.05) is 12.5 Å². The summed E-state index contributed by atoms with van der Waals surface area (Å²) in [4.78, 5) is 11.3. The summed E-state index contributed by atoms with van der Waals surface area (Å²) in [5.74, 6) is 0.349. The lowest BCUT2D eigenvalue weighted by atomic mass is 10.1. The van der Waals surface area contributed by atoms with Crippen molar-refractivity contribution < 1.29 is 14.6 Å². The highest BCUT2D eigenvalue weighted by Crippen LogP contribution is 2.23. The van der Waals surface area contributed by atoms with E-state index in [0.717, 1.165) is 0 Å². The third-order valence-electron chi connectivity index (χ3n) is 1.93. The molecule has 1 rings (SSSR count). The second kappa shape index (κ2) is 6.09. The Morgan fingerprint density at radius 3 is 2.81 bits per heavy atom. The van der Waals surface area contributed by atoms with E-state index in [1.54, 1.807) is 12.1 Å². The van der Waals surface area contributed by atoms with Gasteiger partial charge in [-0.25, -0.2) is 0 Å². The Balaban J connectivity index is 2.82. The van der Waals surface area contributed by atoms with Crippen LogP contribution in [0, 0.1) is 0 Å². The van der Waals surface area contributed by atoms with Crippen LogP contribution in [0.15, 0.2) is 18.2 Å². The van der Waals surface area contributed by atoms with E-state index in [1.165, 1.54) is 13.0 Å². The van der Waals surface area contributed by atoms with Crippen molar-refractivity contribution in [3.05, 3.63) is 28.8 Å². The van der Waals surface area contributed by atoms with Gasteiger partial charge in [0.1, 0.15) is 18.5 Å². The minimum absolute atomic E-state index is 0.0470. The molecule has 0 saturated heterocycles. The average Bonchev–Trinajstić information content (AvgIpc) is 2.26.